The van der Waals surface area contributed by atoms with Crippen LogP contribution in [0.15, 0.2) is 17.5 Å². The molecule has 0 bridgehead atoms. The van der Waals surface area contributed by atoms with Gasteiger partial charge < -0.3 is 0 Å². The maximum Gasteiger partial charge on any atom is 0.0283 e. The normalized spacial score (nSPS) is 39.8. The third-order valence-corrected chi connectivity index (χ3v) is 5.32. The van der Waals surface area contributed by atoms with Crippen molar-refractivity contribution in [2.45, 2.75) is 25.7 Å². The fraction of sp³-hybridized carbons (Fsp3) is 0.667. The van der Waals surface area contributed by atoms with Crippen LogP contribution in [0.5, 0.6) is 0 Å². The van der Waals surface area contributed by atoms with Crippen molar-refractivity contribution >= 4 is 22.9 Å². The molecule has 0 saturated heterocycles. The Labute approximate surface area is 94.3 Å². The van der Waals surface area contributed by atoms with E-state index in [1.54, 1.807) is 0 Å². The van der Waals surface area contributed by atoms with Gasteiger partial charge in [-0.15, -0.1) is 22.9 Å². The molecule has 0 spiro atoms. The van der Waals surface area contributed by atoms with E-state index >= 15 is 0 Å². The predicted molar refractivity (Wildman–Crippen MR) is 62.0 cm³/mol. The van der Waals surface area contributed by atoms with Gasteiger partial charge in [0.05, 0.1) is 0 Å². The third kappa shape index (κ3) is 1.51. The minimum atomic E-state index is 0.458. The molecule has 2 fully saturated rings. The van der Waals surface area contributed by atoms with Crippen LogP contribution in [0, 0.1) is 17.3 Å². The summed E-state index contributed by atoms with van der Waals surface area (Å²) >= 11 is 8.05. The maximum absolute atomic E-state index is 6.17. The van der Waals surface area contributed by atoms with Crippen molar-refractivity contribution in [1.29, 1.82) is 0 Å². The van der Waals surface area contributed by atoms with Crippen LogP contribution in [-0.4, -0.2) is 5.88 Å². The highest BCUT2D eigenvalue weighted by atomic mass is 35.5. The summed E-state index contributed by atoms with van der Waals surface area (Å²) in [6.45, 7) is 0. The van der Waals surface area contributed by atoms with E-state index in [9.17, 15) is 0 Å². The molecule has 2 aliphatic rings. The van der Waals surface area contributed by atoms with Crippen molar-refractivity contribution in [2.24, 2.45) is 17.3 Å². The molecule has 2 heteroatoms. The topological polar surface area (TPSA) is 0 Å². The van der Waals surface area contributed by atoms with E-state index in [1.165, 1.54) is 30.6 Å². The van der Waals surface area contributed by atoms with Gasteiger partial charge >= 0.3 is 0 Å². The lowest BCUT2D eigenvalue weighted by atomic mass is 9.81. The second kappa shape index (κ2) is 3.24. The first-order chi connectivity index (χ1) is 6.81. The van der Waals surface area contributed by atoms with Crippen LogP contribution in [0.3, 0.4) is 0 Å². The Morgan fingerprint density at radius 1 is 1.43 bits per heavy atom. The van der Waals surface area contributed by atoms with Gasteiger partial charge in [-0.3, -0.25) is 0 Å². The van der Waals surface area contributed by atoms with Gasteiger partial charge in [0, 0.05) is 10.8 Å². The number of rotatable bonds is 3. The number of fused-ring (bicyclic) bond motifs is 1. The van der Waals surface area contributed by atoms with Gasteiger partial charge in [-0.1, -0.05) is 6.07 Å². The average Bonchev–Trinajstić information content (AvgIpc) is 2.68. The van der Waals surface area contributed by atoms with Gasteiger partial charge in [0.15, 0.2) is 0 Å². The number of hydrogen-bond acceptors (Lipinski definition) is 1. The Hall–Kier alpha value is -0.0100. The van der Waals surface area contributed by atoms with E-state index in [2.05, 4.69) is 17.5 Å². The van der Waals surface area contributed by atoms with Crippen LogP contribution < -0.4 is 0 Å². The van der Waals surface area contributed by atoms with E-state index in [0.717, 1.165) is 17.7 Å². The summed E-state index contributed by atoms with van der Waals surface area (Å²) < 4.78 is 0. The third-order valence-electron chi connectivity index (χ3n) is 3.87. The van der Waals surface area contributed by atoms with Gasteiger partial charge in [-0.05, 0) is 54.4 Å². The van der Waals surface area contributed by atoms with Gasteiger partial charge in [-0.25, -0.2) is 0 Å². The number of alkyl halides is 1. The van der Waals surface area contributed by atoms with E-state index in [1.807, 2.05) is 11.3 Å². The van der Waals surface area contributed by atoms with Crippen molar-refractivity contribution in [1.82, 2.24) is 0 Å². The first-order valence-electron chi connectivity index (χ1n) is 5.40. The Morgan fingerprint density at radius 3 is 2.79 bits per heavy atom. The Balaban J connectivity index is 1.75. The molecule has 2 unspecified atom stereocenters. The highest BCUT2D eigenvalue weighted by Gasteiger charge is 2.53. The van der Waals surface area contributed by atoms with Crippen LogP contribution in [0.25, 0.3) is 0 Å². The highest BCUT2D eigenvalue weighted by molar-refractivity contribution is 7.09. The molecule has 2 saturated carbocycles. The molecule has 2 aliphatic carbocycles. The van der Waals surface area contributed by atoms with Crippen LogP contribution in [0.1, 0.15) is 24.1 Å². The molecule has 3 rings (SSSR count). The average molecular weight is 227 g/mol. The fourth-order valence-electron chi connectivity index (χ4n) is 3.09. The first kappa shape index (κ1) is 9.23. The highest BCUT2D eigenvalue weighted by Crippen LogP contribution is 2.61. The smallest absolute Gasteiger partial charge is 0.0283 e. The molecule has 14 heavy (non-hydrogen) atoms. The Morgan fingerprint density at radius 2 is 2.21 bits per heavy atom. The lowest BCUT2D eigenvalue weighted by Gasteiger charge is -2.27. The molecule has 0 aliphatic heterocycles. The molecule has 1 aromatic rings. The SMILES string of the molecule is ClCC1(Cc2cccs2)CC2CC2C1. The predicted octanol–water partition coefficient (Wildman–Crippen LogP) is 3.95. The molecule has 0 nitrogen and oxygen atoms in total. The van der Waals surface area contributed by atoms with Crippen molar-refractivity contribution in [3.05, 3.63) is 22.4 Å². The van der Waals surface area contributed by atoms with Crippen LogP contribution >= 0.6 is 22.9 Å². The summed E-state index contributed by atoms with van der Waals surface area (Å²) in [6, 6.07) is 4.40. The van der Waals surface area contributed by atoms with E-state index in [4.69, 9.17) is 11.6 Å². The van der Waals surface area contributed by atoms with Gasteiger partial charge in [0.1, 0.15) is 0 Å². The Kier molecular flexibility index (Phi) is 2.14. The molecular weight excluding hydrogens is 212 g/mol. The number of thiophene rings is 1. The zero-order valence-corrected chi connectivity index (χ0v) is 9.78. The molecule has 0 N–H and O–H groups in total. The molecule has 0 amide bonds. The van der Waals surface area contributed by atoms with Crippen molar-refractivity contribution < 1.29 is 0 Å². The summed E-state index contributed by atoms with van der Waals surface area (Å²) in [5, 5.41) is 2.17. The minimum Gasteiger partial charge on any atom is -0.149 e. The van der Waals surface area contributed by atoms with Gasteiger partial charge in [-0.2, -0.15) is 0 Å². The fourth-order valence-corrected chi connectivity index (χ4v) is 4.28. The summed E-state index contributed by atoms with van der Waals surface area (Å²) in [4.78, 5) is 1.52. The van der Waals surface area contributed by atoms with E-state index < -0.39 is 0 Å². The van der Waals surface area contributed by atoms with Crippen molar-refractivity contribution in [2.75, 3.05) is 5.88 Å². The lowest BCUT2D eigenvalue weighted by Crippen LogP contribution is -2.23. The van der Waals surface area contributed by atoms with Crippen molar-refractivity contribution in [3.8, 4) is 0 Å². The second-order valence-corrected chi connectivity index (χ2v) is 6.35. The molecule has 1 aromatic heterocycles. The maximum atomic E-state index is 6.17. The largest absolute Gasteiger partial charge is 0.149 e. The number of hydrogen-bond donors (Lipinski definition) is 0. The second-order valence-electron chi connectivity index (χ2n) is 5.05. The zero-order chi connectivity index (χ0) is 9.60. The van der Waals surface area contributed by atoms with E-state index in [-0.39, 0.29) is 0 Å². The van der Waals surface area contributed by atoms with Gasteiger partial charge in [0.25, 0.3) is 0 Å². The first-order valence-corrected chi connectivity index (χ1v) is 6.81. The summed E-state index contributed by atoms with van der Waals surface area (Å²) in [5.74, 6) is 2.93. The molecular formula is C12H15ClS. The lowest BCUT2D eigenvalue weighted by molar-refractivity contribution is 0.305. The standard InChI is InChI=1S/C12H15ClS/c13-8-12(5-9-4-10(9)6-12)7-11-2-1-3-14-11/h1-3,9-10H,4-8H2. The number of halogens is 1. The molecule has 0 radical (unpaired) electrons. The van der Waals surface area contributed by atoms with Crippen LogP contribution in [0.2, 0.25) is 0 Å². The van der Waals surface area contributed by atoms with E-state index in [0.29, 0.717) is 5.41 Å². The van der Waals surface area contributed by atoms with Crippen LogP contribution in [-0.2, 0) is 6.42 Å². The zero-order valence-electron chi connectivity index (χ0n) is 8.21. The van der Waals surface area contributed by atoms with Crippen molar-refractivity contribution in [3.63, 3.8) is 0 Å². The summed E-state index contributed by atoms with van der Waals surface area (Å²) in [6.07, 6.45) is 5.49. The summed E-state index contributed by atoms with van der Waals surface area (Å²) in [5.41, 5.74) is 0.458. The molecule has 1 heterocycles. The van der Waals surface area contributed by atoms with Gasteiger partial charge in [0.2, 0.25) is 0 Å². The quantitative estimate of drug-likeness (QED) is 0.685. The Bertz CT molecular complexity index is 307. The molecule has 2 atom stereocenters. The minimum absolute atomic E-state index is 0.458. The monoisotopic (exact) mass is 226 g/mol. The molecule has 0 aromatic carbocycles. The molecule has 76 valence electrons. The summed E-state index contributed by atoms with van der Waals surface area (Å²) in [7, 11) is 0. The van der Waals surface area contributed by atoms with Crippen LogP contribution in [0.4, 0.5) is 0 Å².